The lowest BCUT2D eigenvalue weighted by Gasteiger charge is -2.02. The first-order valence-corrected chi connectivity index (χ1v) is 9.05. The molecule has 0 aliphatic carbocycles. The quantitative estimate of drug-likeness (QED) is 0.739. The Bertz CT molecular complexity index is 972. The number of thiophene rings is 1. The van der Waals surface area contributed by atoms with E-state index in [9.17, 15) is 13.2 Å². The van der Waals surface area contributed by atoms with Crippen LogP contribution >= 0.6 is 11.3 Å². The van der Waals surface area contributed by atoms with Crippen molar-refractivity contribution in [3.63, 3.8) is 0 Å². The van der Waals surface area contributed by atoms with Gasteiger partial charge in [-0.05, 0) is 35.2 Å². The number of fused-ring (bicyclic) bond motifs is 1. The van der Waals surface area contributed by atoms with Gasteiger partial charge in [-0.3, -0.25) is 9.78 Å². The molecule has 3 aromatic rings. The molecule has 1 N–H and O–H groups in total. The molecule has 0 fully saturated rings. The zero-order valence-electron chi connectivity index (χ0n) is 11.8. The van der Waals surface area contributed by atoms with Gasteiger partial charge in [0.2, 0.25) is 0 Å². The number of benzene rings is 1. The molecule has 0 unspecified atom stereocenters. The Morgan fingerprint density at radius 1 is 1.13 bits per heavy atom. The van der Waals surface area contributed by atoms with Crippen LogP contribution in [-0.4, -0.2) is 19.3 Å². The number of nitrogens with one attached hydrogen (secondary N) is 1. The second-order valence-corrected chi connectivity index (χ2v) is 7.51. The van der Waals surface area contributed by atoms with E-state index in [1.54, 1.807) is 29.8 Å². The molecule has 0 saturated heterocycles. The number of para-hydroxylation sites is 1. The van der Waals surface area contributed by atoms with Gasteiger partial charge in [0.1, 0.15) is 4.21 Å². The molecule has 3 rings (SSSR count). The summed E-state index contributed by atoms with van der Waals surface area (Å²) in [5.74, 6) is -0.695. The van der Waals surface area contributed by atoms with Gasteiger partial charge in [-0.25, -0.2) is 13.1 Å². The summed E-state index contributed by atoms with van der Waals surface area (Å²) in [6.45, 7) is 0. The first-order chi connectivity index (χ1) is 11.1. The maximum Gasteiger partial charge on any atom is 0.273 e. The monoisotopic (exact) mass is 344 g/mol. The molecule has 116 valence electrons. The van der Waals surface area contributed by atoms with Crippen LogP contribution in [0.5, 0.6) is 0 Å². The molecule has 0 saturated carbocycles. The topological polar surface area (TPSA) is 76.1 Å². The summed E-state index contributed by atoms with van der Waals surface area (Å²) in [5.41, 5.74) is 1.60. The van der Waals surface area contributed by atoms with E-state index < -0.39 is 15.9 Å². The van der Waals surface area contributed by atoms with Crippen molar-refractivity contribution in [3.05, 3.63) is 65.7 Å². The van der Waals surface area contributed by atoms with Crippen LogP contribution in [0, 0.1) is 0 Å². The maximum atomic E-state index is 12.0. The fourth-order valence-corrected chi connectivity index (χ4v) is 4.00. The Morgan fingerprint density at radius 3 is 2.74 bits per heavy atom. The fourth-order valence-electron chi connectivity index (χ4n) is 2.06. The minimum Gasteiger partial charge on any atom is -0.269 e. The number of hydrogen-bond acceptors (Lipinski definition) is 5. The fraction of sp³-hybridized carbons (Fsp3) is 0. The lowest BCUT2D eigenvalue weighted by atomic mass is 10.1. The molecular weight excluding hydrogens is 332 g/mol. The first-order valence-electron chi connectivity index (χ1n) is 6.68. The highest BCUT2D eigenvalue weighted by molar-refractivity contribution is 7.92. The van der Waals surface area contributed by atoms with E-state index in [0.717, 1.165) is 27.8 Å². The van der Waals surface area contributed by atoms with Gasteiger partial charge >= 0.3 is 0 Å². The van der Waals surface area contributed by atoms with Crippen molar-refractivity contribution in [3.8, 4) is 0 Å². The molecule has 0 bridgehead atoms. The third-order valence-electron chi connectivity index (χ3n) is 3.09. The van der Waals surface area contributed by atoms with Crippen molar-refractivity contribution in [1.82, 2.24) is 9.71 Å². The summed E-state index contributed by atoms with van der Waals surface area (Å²) in [7, 11) is -3.81. The Balaban J connectivity index is 1.81. The van der Waals surface area contributed by atoms with E-state index in [4.69, 9.17) is 0 Å². The number of carbonyl (C=O) groups is 1. The number of hydrogen-bond donors (Lipinski definition) is 1. The van der Waals surface area contributed by atoms with Gasteiger partial charge < -0.3 is 0 Å². The number of carbonyl (C=O) groups excluding carboxylic acids is 1. The lowest BCUT2D eigenvalue weighted by Crippen LogP contribution is -2.28. The molecular formula is C16H12N2O3S2. The van der Waals surface area contributed by atoms with Gasteiger partial charge in [0.25, 0.3) is 15.9 Å². The van der Waals surface area contributed by atoms with E-state index in [2.05, 4.69) is 4.98 Å². The van der Waals surface area contributed by atoms with E-state index in [1.807, 2.05) is 29.0 Å². The zero-order valence-corrected chi connectivity index (χ0v) is 13.5. The van der Waals surface area contributed by atoms with Crippen molar-refractivity contribution in [2.45, 2.75) is 4.21 Å². The highest BCUT2D eigenvalue weighted by Crippen LogP contribution is 2.18. The summed E-state index contributed by atoms with van der Waals surface area (Å²) in [6, 6.07) is 12.3. The largest absolute Gasteiger partial charge is 0.273 e. The summed E-state index contributed by atoms with van der Waals surface area (Å²) < 4.78 is 26.0. The van der Waals surface area contributed by atoms with Crippen molar-refractivity contribution in [1.29, 1.82) is 0 Å². The molecule has 23 heavy (non-hydrogen) atoms. The van der Waals surface area contributed by atoms with Crippen LogP contribution in [0.25, 0.3) is 17.0 Å². The molecule has 0 aliphatic heterocycles. The number of nitrogens with zero attached hydrogens (tertiary/aromatic N) is 1. The Kier molecular flexibility index (Phi) is 4.22. The Morgan fingerprint density at radius 2 is 1.96 bits per heavy atom. The van der Waals surface area contributed by atoms with E-state index in [-0.39, 0.29) is 4.21 Å². The SMILES string of the molecule is O=C(C=Cc1ccnc2ccccc12)NS(=O)(=O)c1cccs1. The number of sulfonamides is 1. The van der Waals surface area contributed by atoms with Crippen molar-refractivity contribution in [2.24, 2.45) is 0 Å². The van der Waals surface area contributed by atoms with Crippen molar-refractivity contribution in [2.75, 3.05) is 0 Å². The van der Waals surface area contributed by atoms with Gasteiger partial charge in [0, 0.05) is 17.7 Å². The average Bonchev–Trinajstić information content (AvgIpc) is 3.08. The first kappa shape index (κ1) is 15.4. The molecule has 5 nitrogen and oxygen atoms in total. The summed E-state index contributed by atoms with van der Waals surface area (Å²) >= 11 is 1.05. The summed E-state index contributed by atoms with van der Waals surface area (Å²) in [5, 5.41) is 2.53. The molecule has 0 atom stereocenters. The van der Waals surface area contributed by atoms with E-state index in [1.165, 1.54) is 12.1 Å². The summed E-state index contributed by atoms with van der Waals surface area (Å²) in [6.07, 6.45) is 4.42. The minimum absolute atomic E-state index is 0.105. The third-order valence-corrected chi connectivity index (χ3v) is 5.84. The van der Waals surface area contributed by atoms with E-state index in [0.29, 0.717) is 0 Å². The second-order valence-electron chi connectivity index (χ2n) is 4.65. The van der Waals surface area contributed by atoms with Gasteiger partial charge in [0.15, 0.2) is 0 Å². The Hall–Kier alpha value is -2.51. The van der Waals surface area contributed by atoms with Crippen LogP contribution in [0.3, 0.4) is 0 Å². The normalized spacial score (nSPS) is 11.8. The van der Waals surface area contributed by atoms with Crippen molar-refractivity contribution < 1.29 is 13.2 Å². The number of aromatic nitrogens is 1. The smallest absolute Gasteiger partial charge is 0.269 e. The number of amides is 1. The van der Waals surface area contributed by atoms with Gasteiger partial charge in [0.05, 0.1) is 5.52 Å². The number of rotatable bonds is 4. The lowest BCUT2D eigenvalue weighted by molar-refractivity contribution is -0.114. The molecule has 0 spiro atoms. The van der Waals surface area contributed by atoms with Crippen LogP contribution in [0.1, 0.15) is 5.56 Å². The van der Waals surface area contributed by atoms with Crippen LogP contribution in [0.4, 0.5) is 0 Å². The molecule has 1 amide bonds. The Labute approximate surface area is 137 Å². The van der Waals surface area contributed by atoms with Gasteiger partial charge in [-0.15, -0.1) is 11.3 Å². The van der Waals surface area contributed by atoms with Gasteiger partial charge in [-0.2, -0.15) is 0 Å². The second kappa shape index (κ2) is 6.31. The van der Waals surface area contributed by atoms with Crippen LogP contribution < -0.4 is 4.72 Å². The maximum absolute atomic E-state index is 12.0. The highest BCUT2D eigenvalue weighted by atomic mass is 32.2. The van der Waals surface area contributed by atoms with Crippen LogP contribution in [-0.2, 0) is 14.8 Å². The van der Waals surface area contributed by atoms with E-state index >= 15 is 0 Å². The molecule has 0 aliphatic rings. The molecule has 2 aromatic heterocycles. The third kappa shape index (κ3) is 3.46. The molecule has 7 heteroatoms. The summed E-state index contributed by atoms with van der Waals surface area (Å²) in [4.78, 5) is 16.1. The van der Waals surface area contributed by atoms with Crippen molar-refractivity contribution >= 4 is 44.2 Å². The highest BCUT2D eigenvalue weighted by Gasteiger charge is 2.16. The molecule has 1 aromatic carbocycles. The number of pyridine rings is 1. The van der Waals surface area contributed by atoms with Crippen LogP contribution in [0.15, 0.2) is 64.3 Å². The molecule has 2 heterocycles. The molecule has 0 radical (unpaired) electrons. The average molecular weight is 344 g/mol. The zero-order chi connectivity index (χ0) is 16.3. The predicted octanol–water partition coefficient (Wildman–Crippen LogP) is 2.81. The van der Waals surface area contributed by atoms with Gasteiger partial charge in [-0.1, -0.05) is 24.3 Å². The minimum atomic E-state index is -3.81. The predicted molar refractivity (Wildman–Crippen MR) is 90.4 cm³/mol. The standard InChI is InChI=1S/C16H12N2O3S2/c19-15(18-23(20,21)16-6-3-11-22-16)8-7-12-9-10-17-14-5-2-1-4-13(12)14/h1-11H,(H,18,19). The van der Waals surface area contributed by atoms with Crippen LogP contribution in [0.2, 0.25) is 0 Å².